The average Bonchev–Trinajstić information content (AvgIpc) is 2.99. The number of alkyl carbamates (subject to hydrolysis) is 1. The van der Waals surface area contributed by atoms with E-state index >= 15 is 0 Å². The molecule has 4 N–H and O–H groups in total. The zero-order chi connectivity index (χ0) is 32.5. The van der Waals surface area contributed by atoms with Gasteiger partial charge in [-0.05, 0) is 24.8 Å². The van der Waals surface area contributed by atoms with Crippen molar-refractivity contribution in [3.63, 3.8) is 0 Å². The second kappa shape index (κ2) is 18.8. The molecule has 4 atom stereocenters. The Balaban J connectivity index is 2.96. The standard InChI is InChI=1S/C28H39FN4O10/c1-16(2)24(27(39)32-20(21(34)14-29)13-23(36)42-5)33-26(38)19(11-12-22(35)41-4)31-25(37)17(3)30-28(40)43-15-18-9-7-6-8-10-18/h6-10,16-17,19-20,24H,11-15H2,1-5H3,(H,30,40)(H,31,37)(H,32,39)(H,33,38)/t17-,19?,20?,24-/m0/s1. The van der Waals surface area contributed by atoms with Crippen LogP contribution in [0.5, 0.6) is 0 Å². The predicted octanol–water partition coefficient (Wildman–Crippen LogP) is 0.467. The van der Waals surface area contributed by atoms with Gasteiger partial charge in [0.05, 0.1) is 20.6 Å². The highest BCUT2D eigenvalue weighted by Gasteiger charge is 2.33. The Hall–Kier alpha value is -4.56. The fourth-order valence-electron chi connectivity index (χ4n) is 3.58. The minimum absolute atomic E-state index is 0.0404. The highest BCUT2D eigenvalue weighted by atomic mass is 19.1. The number of hydrogen-bond acceptors (Lipinski definition) is 10. The summed E-state index contributed by atoms with van der Waals surface area (Å²) in [4.78, 5) is 86.6. The van der Waals surface area contributed by atoms with Crippen molar-refractivity contribution < 1.29 is 52.2 Å². The summed E-state index contributed by atoms with van der Waals surface area (Å²) in [5, 5.41) is 9.49. The van der Waals surface area contributed by atoms with E-state index in [-0.39, 0.29) is 19.4 Å². The minimum atomic E-state index is -1.54. The van der Waals surface area contributed by atoms with Gasteiger partial charge in [-0.25, -0.2) is 9.18 Å². The Morgan fingerprint density at radius 1 is 0.767 bits per heavy atom. The molecule has 0 aliphatic heterocycles. The van der Waals surface area contributed by atoms with Crippen molar-refractivity contribution in [2.45, 2.75) is 70.8 Å². The molecule has 1 aromatic carbocycles. The van der Waals surface area contributed by atoms with E-state index < -0.39 is 84.7 Å². The summed E-state index contributed by atoms with van der Waals surface area (Å²) in [7, 11) is 2.21. The quantitative estimate of drug-likeness (QED) is 0.142. The van der Waals surface area contributed by atoms with Crippen LogP contribution in [0.2, 0.25) is 0 Å². The zero-order valence-electron chi connectivity index (χ0n) is 24.8. The van der Waals surface area contributed by atoms with Gasteiger partial charge in [-0.2, -0.15) is 0 Å². The van der Waals surface area contributed by atoms with Crippen molar-refractivity contribution in [3.8, 4) is 0 Å². The van der Waals surface area contributed by atoms with Crippen LogP contribution in [-0.2, 0) is 49.6 Å². The summed E-state index contributed by atoms with van der Waals surface area (Å²) in [6.07, 6.45) is -2.02. The number of ether oxygens (including phenoxy) is 3. The molecule has 0 aliphatic rings. The van der Waals surface area contributed by atoms with Gasteiger partial charge in [-0.1, -0.05) is 44.2 Å². The molecule has 0 fully saturated rings. The van der Waals surface area contributed by atoms with E-state index in [9.17, 15) is 38.0 Å². The maximum absolute atomic E-state index is 13.2. The molecule has 0 bridgehead atoms. The van der Waals surface area contributed by atoms with Crippen LogP contribution < -0.4 is 21.3 Å². The molecule has 1 rings (SSSR count). The number of amides is 4. The van der Waals surface area contributed by atoms with Gasteiger partial charge in [0.1, 0.15) is 37.4 Å². The van der Waals surface area contributed by atoms with Crippen molar-refractivity contribution >= 4 is 41.5 Å². The van der Waals surface area contributed by atoms with Gasteiger partial charge >= 0.3 is 18.0 Å². The van der Waals surface area contributed by atoms with E-state index in [2.05, 4.69) is 30.7 Å². The van der Waals surface area contributed by atoms with Crippen molar-refractivity contribution in [2.75, 3.05) is 20.9 Å². The minimum Gasteiger partial charge on any atom is -0.469 e. The lowest BCUT2D eigenvalue weighted by molar-refractivity contribution is -0.144. The third kappa shape index (κ3) is 13.3. The molecular weight excluding hydrogens is 571 g/mol. The second-order valence-electron chi connectivity index (χ2n) is 9.78. The summed E-state index contributed by atoms with van der Waals surface area (Å²) in [6, 6.07) is 3.48. The number of ketones is 1. The number of carbonyl (C=O) groups excluding carboxylic acids is 7. The zero-order valence-corrected chi connectivity index (χ0v) is 24.8. The molecule has 1 aromatic rings. The number of nitrogens with one attached hydrogen (secondary N) is 4. The van der Waals surface area contributed by atoms with Gasteiger partial charge in [-0.15, -0.1) is 0 Å². The number of methoxy groups -OCH3 is 2. The highest BCUT2D eigenvalue weighted by Crippen LogP contribution is 2.08. The number of Topliss-reactive ketones (excluding diaryl/α,β-unsaturated/α-hetero) is 1. The maximum Gasteiger partial charge on any atom is 0.408 e. The SMILES string of the molecule is COC(=O)CCC(NC(=O)[C@H](C)NC(=O)OCc1ccccc1)C(=O)N[C@H](C(=O)NC(CC(=O)OC)C(=O)CF)C(C)C. The van der Waals surface area contributed by atoms with Gasteiger partial charge in [-0.3, -0.25) is 28.8 Å². The number of esters is 2. The van der Waals surface area contributed by atoms with Crippen molar-refractivity contribution in [3.05, 3.63) is 35.9 Å². The fourth-order valence-corrected chi connectivity index (χ4v) is 3.58. The topological polar surface area (TPSA) is 195 Å². The third-order valence-corrected chi connectivity index (χ3v) is 6.12. The first-order valence-electron chi connectivity index (χ1n) is 13.4. The molecule has 0 saturated heterocycles. The molecule has 0 saturated carbocycles. The first kappa shape index (κ1) is 36.5. The molecule has 43 heavy (non-hydrogen) atoms. The number of rotatable bonds is 17. The molecule has 4 amide bonds. The van der Waals surface area contributed by atoms with E-state index in [0.717, 1.165) is 19.8 Å². The lowest BCUT2D eigenvalue weighted by atomic mass is 10.0. The van der Waals surface area contributed by atoms with Gasteiger partial charge in [0.25, 0.3) is 0 Å². The van der Waals surface area contributed by atoms with E-state index in [4.69, 9.17) is 4.74 Å². The summed E-state index contributed by atoms with van der Waals surface area (Å²) in [6.45, 7) is 3.01. The summed E-state index contributed by atoms with van der Waals surface area (Å²) >= 11 is 0. The Labute approximate surface area is 248 Å². The molecule has 0 spiro atoms. The monoisotopic (exact) mass is 610 g/mol. The summed E-state index contributed by atoms with van der Waals surface area (Å²) < 4.78 is 27.2. The van der Waals surface area contributed by atoms with Crippen molar-refractivity contribution in [1.29, 1.82) is 0 Å². The van der Waals surface area contributed by atoms with Crippen molar-refractivity contribution in [2.24, 2.45) is 5.92 Å². The van der Waals surface area contributed by atoms with E-state index in [1.165, 1.54) is 6.92 Å². The maximum atomic E-state index is 13.2. The van der Waals surface area contributed by atoms with Gasteiger partial charge in [0, 0.05) is 6.42 Å². The normalized spacial score (nSPS) is 13.4. The van der Waals surface area contributed by atoms with E-state index in [0.29, 0.717) is 0 Å². The van der Waals surface area contributed by atoms with Crippen LogP contribution in [-0.4, -0.2) is 86.6 Å². The lowest BCUT2D eigenvalue weighted by Gasteiger charge is -2.27. The predicted molar refractivity (Wildman–Crippen MR) is 149 cm³/mol. The molecule has 15 heteroatoms. The molecule has 0 aliphatic carbocycles. The number of benzene rings is 1. The highest BCUT2D eigenvalue weighted by molar-refractivity contribution is 5.97. The van der Waals surface area contributed by atoms with E-state index in [1.807, 2.05) is 0 Å². The number of alkyl halides is 1. The number of carbonyl (C=O) groups is 7. The van der Waals surface area contributed by atoms with Gasteiger partial charge < -0.3 is 35.5 Å². The smallest absolute Gasteiger partial charge is 0.408 e. The first-order valence-corrected chi connectivity index (χ1v) is 13.4. The Bertz CT molecular complexity index is 1130. The molecule has 2 unspecified atom stereocenters. The van der Waals surface area contributed by atoms with Gasteiger partial charge in [0.15, 0.2) is 5.78 Å². The fraction of sp³-hybridized carbons (Fsp3) is 0.536. The largest absolute Gasteiger partial charge is 0.469 e. The van der Waals surface area contributed by atoms with Crippen LogP contribution in [0.25, 0.3) is 0 Å². The Kier molecular flexibility index (Phi) is 15.9. The van der Waals surface area contributed by atoms with Crippen molar-refractivity contribution in [1.82, 2.24) is 21.3 Å². The molecule has 238 valence electrons. The molecule has 14 nitrogen and oxygen atoms in total. The first-order chi connectivity index (χ1) is 20.3. The summed E-state index contributed by atoms with van der Waals surface area (Å²) in [5.41, 5.74) is 0.726. The van der Waals surface area contributed by atoms with Crippen LogP contribution in [0.15, 0.2) is 30.3 Å². The molecule has 0 aromatic heterocycles. The van der Waals surface area contributed by atoms with Gasteiger partial charge in [0.2, 0.25) is 17.7 Å². The second-order valence-corrected chi connectivity index (χ2v) is 9.78. The van der Waals surface area contributed by atoms with Crippen LogP contribution in [0.3, 0.4) is 0 Å². The molecular formula is C28H39FN4O10. The average molecular weight is 611 g/mol. The third-order valence-electron chi connectivity index (χ3n) is 6.12. The van der Waals surface area contributed by atoms with Crippen LogP contribution in [0.4, 0.5) is 9.18 Å². The Morgan fingerprint density at radius 3 is 1.93 bits per heavy atom. The summed E-state index contributed by atoms with van der Waals surface area (Å²) in [5.74, 6) is -5.73. The van der Waals surface area contributed by atoms with Crippen LogP contribution in [0, 0.1) is 5.92 Å². The number of halogens is 1. The molecule has 0 heterocycles. The lowest BCUT2D eigenvalue weighted by Crippen LogP contribution is -2.59. The Morgan fingerprint density at radius 2 is 1.37 bits per heavy atom. The van der Waals surface area contributed by atoms with E-state index in [1.54, 1.807) is 44.2 Å². The molecule has 0 radical (unpaired) electrons. The van der Waals surface area contributed by atoms with Crippen LogP contribution >= 0.6 is 0 Å². The van der Waals surface area contributed by atoms with Crippen LogP contribution in [0.1, 0.15) is 45.6 Å². The number of hydrogen-bond donors (Lipinski definition) is 4.